The number of rotatable bonds is 15. The van der Waals surface area contributed by atoms with Crippen molar-refractivity contribution in [1.82, 2.24) is 29.7 Å². The van der Waals surface area contributed by atoms with Crippen LogP contribution in [0, 0.1) is 37.5 Å². The molecule has 0 fully saturated rings. The standard InChI is InChI=1S/C40H50N6O2.2C2H2/c1-7-19-45(39(47)21-27(3)4)25-37-41-23-35(43-37)30-15-13-29(14-16-30)31-17-18-34(33-12-10-9-11-32(31)33)36-24-42-38(44-36)26-46(20-8-2)40(48)22-28(5)6;2*1-2/h9-18,23-24,27-28H,7-8,19-22,25-26H2,1-6H3,(H,41,43)(H,42,44);2*1-2H. The second-order valence-electron chi connectivity index (χ2n) is 13.6. The normalized spacial score (nSPS) is 10.7. The number of carbonyl (C=O) groups excluding carboxylic acids is 2. The zero-order valence-corrected chi connectivity index (χ0v) is 31.7. The number of aromatic amines is 2. The van der Waals surface area contributed by atoms with Gasteiger partial charge in [-0.15, -0.1) is 25.7 Å². The molecule has 0 unspecified atom stereocenters. The highest BCUT2D eigenvalue weighted by Crippen LogP contribution is 2.36. The first kappa shape index (κ1) is 40.8. The number of imidazole rings is 2. The molecule has 2 heterocycles. The summed E-state index contributed by atoms with van der Waals surface area (Å²) in [4.78, 5) is 45.7. The molecule has 2 aromatic heterocycles. The number of hydrogen-bond acceptors (Lipinski definition) is 4. The van der Waals surface area contributed by atoms with Crippen LogP contribution in [0.2, 0.25) is 0 Å². The fourth-order valence-electron chi connectivity index (χ4n) is 6.23. The lowest BCUT2D eigenvalue weighted by atomic mass is 9.93. The van der Waals surface area contributed by atoms with Crippen LogP contribution >= 0.6 is 0 Å². The van der Waals surface area contributed by atoms with E-state index in [9.17, 15) is 9.59 Å². The highest BCUT2D eigenvalue weighted by Gasteiger charge is 2.19. The Bertz CT molecular complexity index is 1910. The molecule has 272 valence electrons. The molecule has 0 saturated carbocycles. The fraction of sp³-hybridized carbons (Fsp3) is 0.364. The van der Waals surface area contributed by atoms with E-state index >= 15 is 0 Å². The van der Waals surface area contributed by atoms with Crippen molar-refractivity contribution in [2.24, 2.45) is 11.8 Å². The molecule has 0 aliphatic heterocycles. The average molecular weight is 699 g/mol. The third-order valence-electron chi connectivity index (χ3n) is 8.52. The van der Waals surface area contributed by atoms with Gasteiger partial charge in [-0.3, -0.25) is 9.59 Å². The van der Waals surface area contributed by atoms with Crippen LogP contribution in [0.1, 0.15) is 78.9 Å². The Morgan fingerprint density at radius 2 is 1.04 bits per heavy atom. The molecule has 0 aliphatic carbocycles. The minimum atomic E-state index is 0.172. The van der Waals surface area contributed by atoms with E-state index in [1.54, 1.807) is 0 Å². The quantitative estimate of drug-likeness (QED) is 0.107. The molecule has 5 aromatic rings. The first-order chi connectivity index (χ1) is 25.2. The van der Waals surface area contributed by atoms with Gasteiger partial charge in [-0.05, 0) is 52.1 Å². The average Bonchev–Trinajstić information content (AvgIpc) is 3.82. The molecular weight excluding hydrogens is 645 g/mol. The van der Waals surface area contributed by atoms with Crippen LogP contribution in [0.3, 0.4) is 0 Å². The predicted octanol–water partition coefficient (Wildman–Crippen LogP) is 9.36. The summed E-state index contributed by atoms with van der Waals surface area (Å²) in [6, 6.07) is 21.3. The number of benzene rings is 3. The van der Waals surface area contributed by atoms with Crippen LogP contribution in [-0.4, -0.2) is 54.6 Å². The Morgan fingerprint density at radius 1 is 0.615 bits per heavy atom. The van der Waals surface area contributed by atoms with Crippen LogP contribution in [0.25, 0.3) is 44.4 Å². The van der Waals surface area contributed by atoms with Crippen molar-refractivity contribution in [3.05, 3.63) is 84.7 Å². The van der Waals surface area contributed by atoms with Gasteiger partial charge in [-0.1, -0.05) is 102 Å². The van der Waals surface area contributed by atoms with E-state index < -0.39 is 0 Å². The predicted molar refractivity (Wildman–Crippen MR) is 215 cm³/mol. The van der Waals surface area contributed by atoms with Gasteiger partial charge >= 0.3 is 0 Å². The molecule has 0 spiro atoms. The maximum absolute atomic E-state index is 12.9. The lowest BCUT2D eigenvalue weighted by molar-refractivity contribution is -0.133. The molecule has 8 nitrogen and oxygen atoms in total. The van der Waals surface area contributed by atoms with Crippen LogP contribution < -0.4 is 0 Å². The van der Waals surface area contributed by atoms with Crippen molar-refractivity contribution in [2.75, 3.05) is 13.1 Å². The Morgan fingerprint density at radius 3 is 1.52 bits per heavy atom. The van der Waals surface area contributed by atoms with Gasteiger partial charge < -0.3 is 19.8 Å². The SMILES string of the molecule is C#C.C#C.CCCN(Cc1ncc(-c2ccc(-c3ccc(-c4cnc(CN(CCC)C(=O)CC(C)C)[nH]4)c4ccccc34)cc2)[nH]1)C(=O)CC(C)C. The number of carbonyl (C=O) groups is 2. The summed E-state index contributed by atoms with van der Waals surface area (Å²) in [6.07, 6.45) is 22.6. The van der Waals surface area contributed by atoms with E-state index in [0.29, 0.717) is 37.8 Å². The van der Waals surface area contributed by atoms with Gasteiger partial charge in [0.2, 0.25) is 11.8 Å². The number of amides is 2. The molecule has 0 aliphatic rings. The van der Waals surface area contributed by atoms with Gasteiger partial charge in [0.25, 0.3) is 0 Å². The lowest BCUT2D eigenvalue weighted by Gasteiger charge is -2.22. The second kappa shape index (κ2) is 20.3. The Labute approximate surface area is 310 Å². The molecule has 2 N–H and O–H groups in total. The summed E-state index contributed by atoms with van der Waals surface area (Å²) < 4.78 is 0. The topological polar surface area (TPSA) is 98.0 Å². The van der Waals surface area contributed by atoms with Crippen LogP contribution in [0.4, 0.5) is 0 Å². The highest BCUT2D eigenvalue weighted by molar-refractivity contribution is 6.04. The molecule has 0 radical (unpaired) electrons. The van der Waals surface area contributed by atoms with E-state index in [4.69, 9.17) is 0 Å². The van der Waals surface area contributed by atoms with Crippen molar-refractivity contribution in [3.8, 4) is 59.3 Å². The number of nitrogens with zero attached hydrogens (tertiary/aromatic N) is 4. The maximum Gasteiger partial charge on any atom is 0.223 e. The molecular formula is C44H54N6O2. The summed E-state index contributed by atoms with van der Waals surface area (Å²) >= 11 is 0. The van der Waals surface area contributed by atoms with Gasteiger partial charge in [0.15, 0.2) is 0 Å². The summed E-state index contributed by atoms with van der Waals surface area (Å²) in [5.74, 6) is 2.58. The minimum absolute atomic E-state index is 0.172. The molecule has 8 heteroatoms. The van der Waals surface area contributed by atoms with Crippen molar-refractivity contribution in [3.63, 3.8) is 0 Å². The lowest BCUT2D eigenvalue weighted by Crippen LogP contribution is -2.32. The Hall–Kier alpha value is -5.60. The zero-order valence-electron chi connectivity index (χ0n) is 31.7. The van der Waals surface area contributed by atoms with Crippen molar-refractivity contribution in [2.45, 2.75) is 80.3 Å². The van der Waals surface area contributed by atoms with E-state index in [1.807, 2.05) is 22.2 Å². The summed E-state index contributed by atoms with van der Waals surface area (Å²) in [6.45, 7) is 14.9. The molecule has 0 bridgehead atoms. The van der Waals surface area contributed by atoms with Gasteiger partial charge in [-0.25, -0.2) is 9.97 Å². The number of aromatic nitrogens is 4. The maximum atomic E-state index is 12.9. The molecule has 3 aromatic carbocycles. The van der Waals surface area contributed by atoms with Crippen LogP contribution in [0.15, 0.2) is 73.1 Å². The van der Waals surface area contributed by atoms with Gasteiger partial charge in [0.1, 0.15) is 11.6 Å². The molecule has 5 rings (SSSR count). The molecule has 52 heavy (non-hydrogen) atoms. The first-order valence-electron chi connectivity index (χ1n) is 18.1. The monoisotopic (exact) mass is 698 g/mol. The zero-order chi connectivity index (χ0) is 38.2. The summed E-state index contributed by atoms with van der Waals surface area (Å²) in [7, 11) is 0. The van der Waals surface area contributed by atoms with Crippen molar-refractivity contribution < 1.29 is 9.59 Å². The Balaban J connectivity index is 0.00000176. The number of nitrogens with one attached hydrogen (secondary N) is 2. The second-order valence-corrected chi connectivity index (χ2v) is 13.6. The molecule has 2 amide bonds. The van der Waals surface area contributed by atoms with Crippen LogP contribution in [-0.2, 0) is 22.7 Å². The summed E-state index contributed by atoms with van der Waals surface area (Å²) in [5, 5.41) is 2.29. The smallest absolute Gasteiger partial charge is 0.223 e. The number of terminal acetylenes is 2. The van der Waals surface area contributed by atoms with Gasteiger partial charge in [0, 0.05) is 31.5 Å². The number of H-pyrrole nitrogens is 2. The fourth-order valence-corrected chi connectivity index (χ4v) is 6.23. The van der Waals surface area contributed by atoms with Crippen LogP contribution in [0.5, 0.6) is 0 Å². The third kappa shape index (κ3) is 10.7. The van der Waals surface area contributed by atoms with E-state index in [-0.39, 0.29) is 11.8 Å². The van der Waals surface area contributed by atoms with E-state index in [0.717, 1.165) is 82.0 Å². The number of fused-ring (bicyclic) bond motifs is 1. The third-order valence-corrected chi connectivity index (χ3v) is 8.52. The van der Waals surface area contributed by atoms with E-state index in [1.165, 1.54) is 0 Å². The largest absolute Gasteiger partial charge is 0.341 e. The Kier molecular flexibility index (Phi) is 15.9. The van der Waals surface area contributed by atoms with Gasteiger partial charge in [-0.2, -0.15) is 0 Å². The van der Waals surface area contributed by atoms with E-state index in [2.05, 4.69) is 148 Å². The molecule has 0 atom stereocenters. The summed E-state index contributed by atoms with van der Waals surface area (Å²) in [5.41, 5.74) is 6.27. The molecule has 0 saturated heterocycles. The minimum Gasteiger partial charge on any atom is -0.341 e. The first-order valence-corrected chi connectivity index (χ1v) is 18.1. The van der Waals surface area contributed by atoms with Gasteiger partial charge in [0.05, 0.1) is 36.9 Å². The van der Waals surface area contributed by atoms with Crippen molar-refractivity contribution in [1.29, 1.82) is 0 Å². The van der Waals surface area contributed by atoms with Crippen molar-refractivity contribution >= 4 is 22.6 Å². The number of hydrogen-bond donors (Lipinski definition) is 2. The highest BCUT2D eigenvalue weighted by atomic mass is 16.2.